The normalized spacial score (nSPS) is 20.8. The Morgan fingerprint density at radius 3 is 3.05 bits per heavy atom. The van der Waals surface area contributed by atoms with Crippen LogP contribution in [0.15, 0.2) is 17.5 Å². The quantitative estimate of drug-likeness (QED) is 0.887. The topological polar surface area (TPSA) is 58.6 Å². The number of morpholine rings is 1. The lowest BCUT2D eigenvalue weighted by molar-refractivity contribution is -0.146. The Morgan fingerprint density at radius 2 is 2.40 bits per heavy atom. The molecule has 2 aliphatic rings. The zero-order valence-electron chi connectivity index (χ0n) is 11.2. The molecule has 0 radical (unpaired) electrons. The van der Waals surface area contributed by atoms with Crippen LogP contribution in [0.25, 0.3) is 0 Å². The molecular formula is C14H18N2O3S. The molecule has 1 aliphatic carbocycles. The van der Waals surface area contributed by atoms with E-state index in [1.807, 2.05) is 11.4 Å². The molecule has 2 heterocycles. The van der Waals surface area contributed by atoms with Crippen molar-refractivity contribution in [2.75, 3.05) is 26.3 Å². The second-order valence-corrected chi connectivity index (χ2v) is 6.25. The average Bonchev–Trinajstić information content (AvgIpc) is 3.13. The molecule has 5 nitrogen and oxygen atoms in total. The van der Waals surface area contributed by atoms with Gasteiger partial charge < -0.3 is 15.0 Å². The first-order valence-corrected chi connectivity index (χ1v) is 7.80. The maximum Gasteiger partial charge on any atom is 0.249 e. The number of thiophene rings is 1. The maximum atomic E-state index is 12.2. The van der Waals surface area contributed by atoms with Gasteiger partial charge in [-0.3, -0.25) is 9.59 Å². The van der Waals surface area contributed by atoms with Crippen molar-refractivity contribution in [1.29, 1.82) is 0 Å². The molecular weight excluding hydrogens is 276 g/mol. The summed E-state index contributed by atoms with van der Waals surface area (Å²) < 4.78 is 5.06. The molecule has 0 aromatic carbocycles. The van der Waals surface area contributed by atoms with Crippen LogP contribution in [-0.2, 0) is 14.3 Å². The Bertz CT molecular complexity index is 485. The molecule has 2 amide bonds. The number of nitrogens with zero attached hydrogens (tertiary/aromatic N) is 1. The van der Waals surface area contributed by atoms with Crippen LogP contribution in [0.3, 0.4) is 0 Å². The first-order valence-electron chi connectivity index (χ1n) is 6.92. The highest BCUT2D eigenvalue weighted by Gasteiger charge is 2.34. The largest absolute Gasteiger partial charge is 0.370 e. The molecule has 1 aromatic heterocycles. The molecule has 1 saturated carbocycles. The maximum absolute atomic E-state index is 12.2. The minimum absolute atomic E-state index is 0.0782. The lowest BCUT2D eigenvalue weighted by atomic mass is 10.1. The molecule has 1 saturated heterocycles. The van der Waals surface area contributed by atoms with Crippen LogP contribution in [-0.4, -0.2) is 43.0 Å². The number of carbonyl (C=O) groups excluding carboxylic acids is 2. The monoisotopic (exact) mass is 294 g/mol. The molecule has 1 aromatic rings. The van der Waals surface area contributed by atoms with E-state index in [0.29, 0.717) is 19.1 Å². The van der Waals surface area contributed by atoms with E-state index >= 15 is 0 Å². The minimum atomic E-state index is -0.106. The predicted molar refractivity (Wildman–Crippen MR) is 75.3 cm³/mol. The SMILES string of the molecule is O=C(CN1CCOCC1=O)NC(c1cccs1)C1CC1. The lowest BCUT2D eigenvalue weighted by Gasteiger charge is -2.27. The molecule has 2 fully saturated rings. The zero-order valence-corrected chi connectivity index (χ0v) is 12.0. The van der Waals surface area contributed by atoms with Gasteiger partial charge in [0.1, 0.15) is 6.61 Å². The van der Waals surface area contributed by atoms with E-state index in [4.69, 9.17) is 4.74 Å². The predicted octanol–water partition coefficient (Wildman–Crippen LogP) is 1.17. The minimum Gasteiger partial charge on any atom is -0.370 e. The van der Waals surface area contributed by atoms with Gasteiger partial charge in [0.25, 0.3) is 0 Å². The molecule has 20 heavy (non-hydrogen) atoms. The van der Waals surface area contributed by atoms with Crippen molar-refractivity contribution in [2.45, 2.75) is 18.9 Å². The lowest BCUT2D eigenvalue weighted by Crippen LogP contribution is -2.47. The van der Waals surface area contributed by atoms with E-state index in [1.165, 1.54) is 17.7 Å². The van der Waals surface area contributed by atoms with Crippen molar-refractivity contribution < 1.29 is 14.3 Å². The average molecular weight is 294 g/mol. The second kappa shape index (κ2) is 5.93. The summed E-state index contributed by atoms with van der Waals surface area (Å²) in [5.41, 5.74) is 0. The van der Waals surface area contributed by atoms with Crippen LogP contribution < -0.4 is 5.32 Å². The number of amides is 2. The summed E-state index contributed by atoms with van der Waals surface area (Å²) in [4.78, 5) is 26.5. The fraction of sp³-hybridized carbons (Fsp3) is 0.571. The van der Waals surface area contributed by atoms with Crippen molar-refractivity contribution in [3.63, 3.8) is 0 Å². The van der Waals surface area contributed by atoms with E-state index in [0.717, 1.165) is 0 Å². The molecule has 0 bridgehead atoms. The number of hydrogen-bond donors (Lipinski definition) is 1. The van der Waals surface area contributed by atoms with Gasteiger partial charge in [-0.05, 0) is 30.2 Å². The Labute approximate surface area is 121 Å². The van der Waals surface area contributed by atoms with Gasteiger partial charge in [-0.1, -0.05) is 6.07 Å². The standard InChI is InChI=1S/C14H18N2O3S/c17-12(8-16-5-6-19-9-13(16)18)15-14(10-3-4-10)11-2-1-7-20-11/h1-2,7,10,14H,3-6,8-9H2,(H,15,17). The van der Waals surface area contributed by atoms with Gasteiger partial charge in [0, 0.05) is 11.4 Å². The first-order chi connectivity index (χ1) is 9.74. The summed E-state index contributed by atoms with van der Waals surface area (Å²) in [7, 11) is 0. The van der Waals surface area contributed by atoms with E-state index < -0.39 is 0 Å². The molecule has 108 valence electrons. The van der Waals surface area contributed by atoms with Crippen molar-refractivity contribution in [1.82, 2.24) is 10.2 Å². The third-order valence-corrected chi connectivity index (χ3v) is 4.63. The number of hydrogen-bond acceptors (Lipinski definition) is 4. The third-order valence-electron chi connectivity index (χ3n) is 3.68. The van der Waals surface area contributed by atoms with E-state index in [-0.39, 0.29) is 31.0 Å². The summed E-state index contributed by atoms with van der Waals surface area (Å²) in [5, 5.41) is 5.12. The van der Waals surface area contributed by atoms with Gasteiger partial charge in [0.05, 0.1) is 19.2 Å². The Hall–Kier alpha value is -1.40. The molecule has 1 unspecified atom stereocenters. The van der Waals surface area contributed by atoms with Gasteiger partial charge in [0.2, 0.25) is 11.8 Å². The van der Waals surface area contributed by atoms with Crippen molar-refractivity contribution in [2.24, 2.45) is 5.92 Å². The van der Waals surface area contributed by atoms with Crippen LogP contribution in [0.2, 0.25) is 0 Å². The van der Waals surface area contributed by atoms with Crippen LogP contribution in [0.1, 0.15) is 23.8 Å². The number of ether oxygens (including phenoxy) is 1. The number of carbonyl (C=O) groups is 2. The first kappa shape index (κ1) is 13.6. The van der Waals surface area contributed by atoms with Crippen molar-refractivity contribution in [3.8, 4) is 0 Å². The van der Waals surface area contributed by atoms with Crippen molar-refractivity contribution >= 4 is 23.2 Å². The van der Waals surface area contributed by atoms with E-state index in [1.54, 1.807) is 16.2 Å². The fourth-order valence-electron chi connectivity index (χ4n) is 2.43. The van der Waals surface area contributed by atoms with Crippen LogP contribution >= 0.6 is 11.3 Å². The highest BCUT2D eigenvalue weighted by molar-refractivity contribution is 7.10. The molecule has 1 atom stereocenters. The van der Waals surface area contributed by atoms with Crippen LogP contribution in [0.5, 0.6) is 0 Å². The van der Waals surface area contributed by atoms with Crippen LogP contribution in [0.4, 0.5) is 0 Å². The van der Waals surface area contributed by atoms with Gasteiger partial charge >= 0.3 is 0 Å². The second-order valence-electron chi connectivity index (χ2n) is 5.27. The van der Waals surface area contributed by atoms with Gasteiger partial charge in [-0.25, -0.2) is 0 Å². The molecule has 1 N–H and O–H groups in total. The van der Waals surface area contributed by atoms with Gasteiger partial charge in [-0.15, -0.1) is 11.3 Å². The highest BCUT2D eigenvalue weighted by Crippen LogP contribution is 2.42. The summed E-state index contributed by atoms with van der Waals surface area (Å²) >= 11 is 1.67. The fourth-order valence-corrected chi connectivity index (χ4v) is 3.30. The summed E-state index contributed by atoms with van der Waals surface area (Å²) in [5.74, 6) is 0.369. The third kappa shape index (κ3) is 3.19. The number of rotatable bonds is 5. The molecule has 1 aliphatic heterocycles. The van der Waals surface area contributed by atoms with Crippen LogP contribution in [0, 0.1) is 5.92 Å². The molecule has 3 rings (SSSR count). The Kier molecular flexibility index (Phi) is 4.03. The zero-order chi connectivity index (χ0) is 13.9. The van der Waals surface area contributed by atoms with Crippen molar-refractivity contribution in [3.05, 3.63) is 22.4 Å². The summed E-state index contributed by atoms with van der Waals surface area (Å²) in [6.45, 7) is 1.23. The smallest absolute Gasteiger partial charge is 0.249 e. The molecule has 6 heteroatoms. The van der Waals surface area contributed by atoms with E-state index in [2.05, 4.69) is 11.4 Å². The summed E-state index contributed by atoms with van der Waals surface area (Å²) in [6, 6.07) is 4.18. The van der Waals surface area contributed by atoms with Gasteiger partial charge in [-0.2, -0.15) is 0 Å². The van der Waals surface area contributed by atoms with Gasteiger partial charge in [0.15, 0.2) is 0 Å². The molecule has 0 spiro atoms. The summed E-state index contributed by atoms with van der Waals surface area (Å²) in [6.07, 6.45) is 2.33. The highest BCUT2D eigenvalue weighted by atomic mass is 32.1. The Balaban J connectivity index is 1.58. The van der Waals surface area contributed by atoms with E-state index in [9.17, 15) is 9.59 Å². The number of nitrogens with one attached hydrogen (secondary N) is 1. The Morgan fingerprint density at radius 1 is 1.55 bits per heavy atom.